The molecule has 2 aliphatic heterocycles. The number of carbonyl (C=O) groups is 1. The van der Waals surface area contributed by atoms with Gasteiger partial charge in [-0.3, -0.25) is 9.69 Å². The van der Waals surface area contributed by atoms with Gasteiger partial charge in [-0.25, -0.2) is 8.42 Å². The number of piperidine rings is 1. The summed E-state index contributed by atoms with van der Waals surface area (Å²) in [5, 5.41) is -0.788. The van der Waals surface area contributed by atoms with Gasteiger partial charge in [-0.2, -0.15) is 0 Å². The maximum absolute atomic E-state index is 12.0. The lowest BCUT2D eigenvalue weighted by molar-refractivity contribution is -0.126. The predicted molar refractivity (Wildman–Crippen MR) is 72.4 cm³/mol. The van der Waals surface area contributed by atoms with Crippen LogP contribution in [0.3, 0.4) is 0 Å². The van der Waals surface area contributed by atoms with Crippen LogP contribution in [0.4, 0.5) is 0 Å². The molecular weight excluding hydrogens is 262 g/mol. The first-order chi connectivity index (χ1) is 9.06. The van der Waals surface area contributed by atoms with E-state index in [4.69, 9.17) is 0 Å². The normalized spacial score (nSPS) is 30.2. The SMILES string of the molecule is O=C1[C@H]2CCS(=O)(=O)[C@H]1CN(Cc1ccccc1)C2. The molecule has 1 aromatic rings. The molecule has 0 aliphatic carbocycles. The number of hydrogen-bond acceptors (Lipinski definition) is 4. The second-order valence-electron chi connectivity index (χ2n) is 5.42. The van der Waals surface area contributed by atoms with Gasteiger partial charge in [0.15, 0.2) is 15.6 Å². The van der Waals surface area contributed by atoms with Crippen molar-refractivity contribution in [2.24, 2.45) is 5.92 Å². The lowest BCUT2D eigenvalue weighted by Gasteiger charge is -2.39. The van der Waals surface area contributed by atoms with E-state index in [9.17, 15) is 13.2 Å². The molecule has 5 heteroatoms. The molecule has 2 fully saturated rings. The second kappa shape index (κ2) is 4.72. The minimum atomic E-state index is -3.22. The van der Waals surface area contributed by atoms with Crippen molar-refractivity contribution in [1.29, 1.82) is 0 Å². The summed E-state index contributed by atoms with van der Waals surface area (Å²) < 4.78 is 23.9. The maximum atomic E-state index is 12.0. The van der Waals surface area contributed by atoms with E-state index in [0.717, 1.165) is 12.1 Å². The van der Waals surface area contributed by atoms with Crippen LogP contribution in [-0.2, 0) is 21.2 Å². The van der Waals surface area contributed by atoms with Gasteiger partial charge in [0.05, 0.1) is 5.75 Å². The minimum Gasteiger partial charge on any atom is -0.298 e. The summed E-state index contributed by atoms with van der Waals surface area (Å²) in [4.78, 5) is 14.1. The topological polar surface area (TPSA) is 54.5 Å². The monoisotopic (exact) mass is 279 g/mol. The Bertz CT molecular complexity index is 582. The van der Waals surface area contributed by atoms with Gasteiger partial charge in [0.25, 0.3) is 0 Å². The first-order valence-corrected chi connectivity index (χ1v) is 8.29. The molecule has 4 nitrogen and oxygen atoms in total. The average molecular weight is 279 g/mol. The molecular formula is C14H17NO3S. The van der Waals surface area contributed by atoms with Crippen molar-refractivity contribution in [1.82, 2.24) is 4.90 Å². The van der Waals surface area contributed by atoms with E-state index in [1.807, 2.05) is 30.3 Å². The van der Waals surface area contributed by atoms with Crippen LogP contribution in [-0.4, -0.2) is 43.2 Å². The molecule has 2 atom stereocenters. The smallest absolute Gasteiger partial charge is 0.161 e. The number of carbonyl (C=O) groups excluding carboxylic acids is 1. The highest BCUT2D eigenvalue weighted by Gasteiger charge is 2.46. The quantitative estimate of drug-likeness (QED) is 0.806. The van der Waals surface area contributed by atoms with Gasteiger partial charge in [0.2, 0.25) is 0 Å². The van der Waals surface area contributed by atoms with Crippen molar-refractivity contribution < 1.29 is 13.2 Å². The molecule has 0 saturated carbocycles. The number of benzene rings is 1. The Morgan fingerprint density at radius 1 is 1.16 bits per heavy atom. The summed E-state index contributed by atoms with van der Waals surface area (Å²) in [7, 11) is -3.22. The zero-order chi connectivity index (χ0) is 13.5. The number of ketones is 1. The number of nitrogens with zero attached hydrogens (tertiary/aromatic N) is 1. The van der Waals surface area contributed by atoms with Crippen LogP contribution < -0.4 is 0 Å². The van der Waals surface area contributed by atoms with Crippen LogP contribution in [0.1, 0.15) is 12.0 Å². The number of Topliss-reactive ketones (excluding diaryl/α,β-unsaturated/α-hetero) is 1. The van der Waals surface area contributed by atoms with Gasteiger partial charge in [-0.05, 0) is 12.0 Å². The van der Waals surface area contributed by atoms with Crippen molar-refractivity contribution in [3.8, 4) is 0 Å². The molecule has 3 rings (SSSR count). The lowest BCUT2D eigenvalue weighted by atomic mass is 9.93. The Hall–Kier alpha value is -1.20. The number of fused-ring (bicyclic) bond motifs is 2. The van der Waals surface area contributed by atoms with E-state index < -0.39 is 15.1 Å². The van der Waals surface area contributed by atoms with Crippen LogP contribution in [0.5, 0.6) is 0 Å². The highest BCUT2D eigenvalue weighted by molar-refractivity contribution is 7.92. The second-order valence-corrected chi connectivity index (χ2v) is 7.73. The van der Waals surface area contributed by atoms with Gasteiger partial charge >= 0.3 is 0 Å². The molecule has 0 aromatic heterocycles. The molecule has 0 radical (unpaired) electrons. The largest absolute Gasteiger partial charge is 0.298 e. The van der Waals surface area contributed by atoms with Crippen molar-refractivity contribution in [3.63, 3.8) is 0 Å². The third-order valence-corrected chi connectivity index (χ3v) is 6.11. The molecule has 2 bridgehead atoms. The summed E-state index contributed by atoms with van der Waals surface area (Å²) >= 11 is 0. The molecule has 102 valence electrons. The summed E-state index contributed by atoms with van der Waals surface area (Å²) in [6, 6.07) is 9.97. The maximum Gasteiger partial charge on any atom is 0.161 e. The summed E-state index contributed by atoms with van der Waals surface area (Å²) in [6.07, 6.45) is 0.489. The summed E-state index contributed by atoms with van der Waals surface area (Å²) in [5.74, 6) is 0.0225. The average Bonchev–Trinajstić information content (AvgIpc) is 2.38. The lowest BCUT2D eigenvalue weighted by Crippen LogP contribution is -2.56. The van der Waals surface area contributed by atoms with E-state index in [-0.39, 0.29) is 17.5 Å². The van der Waals surface area contributed by atoms with Crippen molar-refractivity contribution in [3.05, 3.63) is 35.9 Å². The molecule has 1 aromatic carbocycles. The Kier molecular flexibility index (Phi) is 3.19. The molecule has 2 heterocycles. The van der Waals surface area contributed by atoms with E-state index >= 15 is 0 Å². The molecule has 0 unspecified atom stereocenters. The fourth-order valence-corrected chi connectivity index (χ4v) is 4.89. The molecule has 19 heavy (non-hydrogen) atoms. The molecule has 0 N–H and O–H groups in total. The first-order valence-electron chi connectivity index (χ1n) is 6.58. The van der Waals surface area contributed by atoms with E-state index in [1.54, 1.807) is 0 Å². The molecule has 0 amide bonds. The molecule has 2 saturated heterocycles. The Morgan fingerprint density at radius 2 is 1.89 bits per heavy atom. The van der Waals surface area contributed by atoms with Crippen LogP contribution >= 0.6 is 0 Å². The predicted octanol–water partition coefficient (Wildman–Crippen LogP) is 0.875. The summed E-state index contributed by atoms with van der Waals surface area (Å²) in [6.45, 7) is 1.77. The Morgan fingerprint density at radius 3 is 2.63 bits per heavy atom. The zero-order valence-corrected chi connectivity index (χ0v) is 11.5. The van der Waals surface area contributed by atoms with Gasteiger partial charge in [-0.1, -0.05) is 30.3 Å². The highest BCUT2D eigenvalue weighted by Crippen LogP contribution is 2.28. The standard InChI is InChI=1S/C14H17NO3S/c16-14-12-6-7-19(17,18)13(14)10-15(9-12)8-11-4-2-1-3-5-11/h1-5,12-13H,6-10H2/t12-,13-/m0/s1. The molecule has 2 aliphatic rings. The van der Waals surface area contributed by atoms with E-state index in [2.05, 4.69) is 4.90 Å². The van der Waals surface area contributed by atoms with Crippen molar-refractivity contribution >= 4 is 15.6 Å². The van der Waals surface area contributed by atoms with Gasteiger partial charge in [0.1, 0.15) is 5.25 Å². The zero-order valence-electron chi connectivity index (χ0n) is 10.7. The Labute approximate surface area is 113 Å². The third kappa shape index (κ3) is 2.44. The number of hydrogen-bond donors (Lipinski definition) is 0. The van der Waals surface area contributed by atoms with Crippen molar-refractivity contribution in [2.45, 2.75) is 18.2 Å². The summed E-state index contributed by atoms with van der Waals surface area (Å²) in [5.41, 5.74) is 1.16. The fourth-order valence-electron chi connectivity index (χ4n) is 3.01. The molecule has 0 spiro atoms. The minimum absolute atomic E-state index is 0.0597. The first kappa shape index (κ1) is 12.8. The van der Waals surface area contributed by atoms with Crippen LogP contribution in [0.2, 0.25) is 0 Å². The van der Waals surface area contributed by atoms with E-state index in [0.29, 0.717) is 19.5 Å². The van der Waals surface area contributed by atoms with Crippen LogP contribution in [0.15, 0.2) is 30.3 Å². The van der Waals surface area contributed by atoms with Crippen LogP contribution in [0.25, 0.3) is 0 Å². The van der Waals surface area contributed by atoms with Crippen LogP contribution in [0, 0.1) is 5.92 Å². The van der Waals surface area contributed by atoms with E-state index in [1.165, 1.54) is 0 Å². The third-order valence-electron chi connectivity index (χ3n) is 4.06. The number of likely N-dealkylation sites (tertiary alicyclic amines) is 1. The van der Waals surface area contributed by atoms with Crippen molar-refractivity contribution in [2.75, 3.05) is 18.8 Å². The van der Waals surface area contributed by atoms with Gasteiger partial charge < -0.3 is 0 Å². The number of sulfone groups is 1. The highest BCUT2D eigenvalue weighted by atomic mass is 32.2. The fraction of sp³-hybridized carbons (Fsp3) is 0.500. The van der Waals surface area contributed by atoms with Gasteiger partial charge in [0, 0.05) is 25.6 Å². The Balaban J connectivity index is 1.78. The number of rotatable bonds is 2. The van der Waals surface area contributed by atoms with Gasteiger partial charge in [-0.15, -0.1) is 0 Å².